The van der Waals surface area contributed by atoms with Crippen molar-refractivity contribution in [1.29, 1.82) is 0 Å². The minimum Gasteiger partial charge on any atom is -0.497 e. The first-order chi connectivity index (χ1) is 8.60. The van der Waals surface area contributed by atoms with Gasteiger partial charge in [-0.15, -0.1) is 0 Å². The average molecular weight is 243 g/mol. The number of aryl methyl sites for hydroxylation is 2. The second kappa shape index (κ2) is 5.00. The topological polar surface area (TPSA) is 44.5 Å². The minimum absolute atomic E-state index is 0.648. The van der Waals surface area contributed by atoms with E-state index in [9.17, 15) is 0 Å². The Labute approximate surface area is 107 Å². The van der Waals surface area contributed by atoms with Crippen LogP contribution in [0.3, 0.4) is 0 Å². The summed E-state index contributed by atoms with van der Waals surface area (Å²) in [6, 6.07) is 11.4. The number of nitrogens with two attached hydrogens (primary N) is 1. The first kappa shape index (κ1) is 12.3. The third-order valence-electron chi connectivity index (χ3n) is 2.71. The molecule has 0 saturated heterocycles. The van der Waals surface area contributed by atoms with Crippen LogP contribution < -0.4 is 15.2 Å². The van der Waals surface area contributed by atoms with E-state index in [-0.39, 0.29) is 0 Å². The Kier molecular flexibility index (Phi) is 3.42. The van der Waals surface area contributed by atoms with Gasteiger partial charge >= 0.3 is 0 Å². The van der Waals surface area contributed by atoms with E-state index in [1.165, 1.54) is 0 Å². The van der Waals surface area contributed by atoms with E-state index < -0.39 is 0 Å². The lowest BCUT2D eigenvalue weighted by Crippen LogP contribution is -1.96. The number of anilines is 1. The van der Waals surface area contributed by atoms with Crippen molar-refractivity contribution in [2.45, 2.75) is 13.8 Å². The molecular weight excluding hydrogens is 226 g/mol. The largest absolute Gasteiger partial charge is 0.497 e. The maximum Gasteiger partial charge on any atom is 0.153 e. The van der Waals surface area contributed by atoms with Crippen molar-refractivity contribution in [3.8, 4) is 17.2 Å². The second-order valence-corrected chi connectivity index (χ2v) is 4.28. The summed E-state index contributed by atoms with van der Waals surface area (Å²) in [5, 5.41) is 0. The van der Waals surface area contributed by atoms with Crippen LogP contribution in [0.25, 0.3) is 0 Å². The molecule has 0 aromatic heterocycles. The Morgan fingerprint density at radius 1 is 1.00 bits per heavy atom. The van der Waals surface area contributed by atoms with Crippen LogP contribution in [0.5, 0.6) is 17.2 Å². The predicted octanol–water partition coefficient (Wildman–Crippen LogP) is 3.69. The Morgan fingerprint density at radius 3 is 2.39 bits per heavy atom. The third-order valence-corrected chi connectivity index (χ3v) is 2.71. The normalized spacial score (nSPS) is 10.2. The van der Waals surface area contributed by atoms with E-state index in [2.05, 4.69) is 0 Å². The molecule has 0 heterocycles. The van der Waals surface area contributed by atoms with Gasteiger partial charge in [-0.1, -0.05) is 12.1 Å². The van der Waals surface area contributed by atoms with Gasteiger partial charge in [0.2, 0.25) is 0 Å². The van der Waals surface area contributed by atoms with Crippen molar-refractivity contribution in [1.82, 2.24) is 0 Å². The molecule has 0 aliphatic heterocycles. The number of hydrogen-bond donors (Lipinski definition) is 1. The lowest BCUT2D eigenvalue weighted by Gasteiger charge is -2.13. The molecule has 0 spiro atoms. The molecule has 2 N–H and O–H groups in total. The summed E-state index contributed by atoms with van der Waals surface area (Å²) in [4.78, 5) is 0. The van der Waals surface area contributed by atoms with Crippen LogP contribution in [0, 0.1) is 13.8 Å². The highest BCUT2D eigenvalue weighted by atomic mass is 16.5. The maximum absolute atomic E-state index is 5.98. The smallest absolute Gasteiger partial charge is 0.153 e. The van der Waals surface area contributed by atoms with Crippen LogP contribution in [0.15, 0.2) is 36.4 Å². The monoisotopic (exact) mass is 243 g/mol. The summed E-state index contributed by atoms with van der Waals surface area (Å²) in [7, 11) is 1.63. The quantitative estimate of drug-likeness (QED) is 0.836. The van der Waals surface area contributed by atoms with Gasteiger partial charge in [0.05, 0.1) is 12.8 Å². The van der Waals surface area contributed by atoms with Crippen molar-refractivity contribution in [2.24, 2.45) is 0 Å². The molecule has 2 rings (SSSR count). The number of hydrogen-bond acceptors (Lipinski definition) is 3. The molecule has 2 aromatic carbocycles. The van der Waals surface area contributed by atoms with Gasteiger partial charge in [0.25, 0.3) is 0 Å². The molecule has 0 atom stereocenters. The van der Waals surface area contributed by atoms with Gasteiger partial charge < -0.3 is 15.2 Å². The third kappa shape index (κ3) is 2.56. The fourth-order valence-electron chi connectivity index (χ4n) is 1.91. The van der Waals surface area contributed by atoms with Crippen molar-refractivity contribution < 1.29 is 9.47 Å². The lowest BCUT2D eigenvalue weighted by molar-refractivity contribution is 0.409. The van der Waals surface area contributed by atoms with Gasteiger partial charge in [-0.25, -0.2) is 0 Å². The van der Waals surface area contributed by atoms with Gasteiger partial charge in [-0.3, -0.25) is 0 Å². The van der Waals surface area contributed by atoms with Crippen LogP contribution in [0.4, 0.5) is 5.69 Å². The summed E-state index contributed by atoms with van der Waals surface area (Å²) in [5.41, 5.74) is 8.78. The summed E-state index contributed by atoms with van der Waals surface area (Å²) < 4.78 is 11.0. The van der Waals surface area contributed by atoms with E-state index >= 15 is 0 Å². The van der Waals surface area contributed by atoms with Crippen LogP contribution >= 0.6 is 0 Å². The Hall–Kier alpha value is -2.16. The van der Waals surface area contributed by atoms with Gasteiger partial charge in [-0.05, 0) is 43.2 Å². The standard InChI is InChI=1S/C15H17NO2/c1-10-7-11(2)15(14(16)8-10)18-13-6-4-5-12(9-13)17-3/h4-9H,16H2,1-3H3. The summed E-state index contributed by atoms with van der Waals surface area (Å²) >= 11 is 0. The molecule has 3 nitrogen and oxygen atoms in total. The van der Waals surface area contributed by atoms with Crippen molar-refractivity contribution in [3.63, 3.8) is 0 Å². The zero-order chi connectivity index (χ0) is 13.1. The molecule has 0 aliphatic rings. The molecular formula is C15H17NO2. The molecule has 0 fully saturated rings. The van der Waals surface area contributed by atoms with Gasteiger partial charge in [0.1, 0.15) is 11.5 Å². The number of nitrogen functional groups attached to an aromatic ring is 1. The number of benzene rings is 2. The fourth-order valence-corrected chi connectivity index (χ4v) is 1.91. The molecule has 0 saturated carbocycles. The molecule has 3 heteroatoms. The van der Waals surface area contributed by atoms with Crippen molar-refractivity contribution in [3.05, 3.63) is 47.5 Å². The van der Waals surface area contributed by atoms with E-state index in [0.29, 0.717) is 17.2 Å². The second-order valence-electron chi connectivity index (χ2n) is 4.28. The Balaban J connectivity index is 2.33. The maximum atomic E-state index is 5.98. The molecule has 0 bridgehead atoms. The molecule has 0 radical (unpaired) electrons. The molecule has 18 heavy (non-hydrogen) atoms. The van der Waals surface area contributed by atoms with E-state index in [1.807, 2.05) is 50.2 Å². The fraction of sp³-hybridized carbons (Fsp3) is 0.200. The highest BCUT2D eigenvalue weighted by Crippen LogP contribution is 2.33. The number of rotatable bonds is 3. The summed E-state index contributed by atoms with van der Waals surface area (Å²) in [5.74, 6) is 2.18. The first-order valence-corrected chi connectivity index (χ1v) is 5.79. The molecule has 0 amide bonds. The van der Waals surface area contributed by atoms with Crippen LogP contribution in [-0.4, -0.2) is 7.11 Å². The molecule has 0 unspecified atom stereocenters. The predicted molar refractivity (Wildman–Crippen MR) is 73.4 cm³/mol. The molecule has 0 aliphatic carbocycles. The molecule has 94 valence electrons. The summed E-state index contributed by atoms with van der Waals surface area (Å²) in [6.07, 6.45) is 0. The van der Waals surface area contributed by atoms with Crippen LogP contribution in [0.1, 0.15) is 11.1 Å². The highest BCUT2D eigenvalue weighted by molar-refractivity contribution is 5.59. The number of ether oxygens (including phenoxy) is 2. The molecule has 2 aromatic rings. The van der Waals surface area contributed by atoms with E-state index in [1.54, 1.807) is 7.11 Å². The zero-order valence-electron chi connectivity index (χ0n) is 10.9. The SMILES string of the molecule is COc1cccc(Oc2c(C)cc(C)cc2N)c1. The van der Waals surface area contributed by atoms with E-state index in [4.69, 9.17) is 15.2 Å². The van der Waals surface area contributed by atoms with Crippen LogP contribution in [-0.2, 0) is 0 Å². The Morgan fingerprint density at radius 2 is 1.72 bits per heavy atom. The lowest BCUT2D eigenvalue weighted by atomic mass is 10.1. The highest BCUT2D eigenvalue weighted by Gasteiger charge is 2.07. The van der Waals surface area contributed by atoms with Gasteiger partial charge in [0.15, 0.2) is 5.75 Å². The van der Waals surface area contributed by atoms with Crippen molar-refractivity contribution in [2.75, 3.05) is 12.8 Å². The zero-order valence-corrected chi connectivity index (χ0v) is 10.9. The number of methoxy groups -OCH3 is 1. The summed E-state index contributed by atoms with van der Waals surface area (Å²) in [6.45, 7) is 4.00. The minimum atomic E-state index is 0.648. The van der Waals surface area contributed by atoms with Gasteiger partial charge in [-0.2, -0.15) is 0 Å². The van der Waals surface area contributed by atoms with Gasteiger partial charge in [0, 0.05) is 6.07 Å². The average Bonchev–Trinajstić information content (AvgIpc) is 2.34. The van der Waals surface area contributed by atoms with Crippen molar-refractivity contribution >= 4 is 5.69 Å². The van der Waals surface area contributed by atoms with Crippen LogP contribution in [0.2, 0.25) is 0 Å². The first-order valence-electron chi connectivity index (χ1n) is 5.79. The van der Waals surface area contributed by atoms with E-state index in [0.717, 1.165) is 16.9 Å². The Bertz CT molecular complexity index is 541.